The van der Waals surface area contributed by atoms with Crippen molar-refractivity contribution in [1.82, 2.24) is 15.1 Å². The molecule has 0 radical (unpaired) electrons. The number of hydrogen-bond acceptors (Lipinski definition) is 4. The second kappa shape index (κ2) is 4.95. The molecule has 1 N–H and O–H groups in total. The molecule has 1 unspecified atom stereocenters. The van der Waals surface area contributed by atoms with Crippen LogP contribution in [0.25, 0.3) is 22.2 Å². The predicted octanol–water partition coefficient (Wildman–Crippen LogP) is 3.93. The van der Waals surface area contributed by atoms with E-state index in [9.17, 15) is 0 Å². The Kier molecular flexibility index (Phi) is 3.04. The third-order valence-electron chi connectivity index (χ3n) is 4.48. The highest BCUT2D eigenvalue weighted by Gasteiger charge is 2.34. The molecule has 0 aromatic carbocycles. The van der Waals surface area contributed by atoms with Gasteiger partial charge in [0.15, 0.2) is 0 Å². The zero-order valence-electron chi connectivity index (χ0n) is 13.0. The van der Waals surface area contributed by atoms with Gasteiger partial charge in [0.05, 0.1) is 22.8 Å². The van der Waals surface area contributed by atoms with E-state index in [1.807, 2.05) is 26.2 Å². The van der Waals surface area contributed by atoms with Crippen LogP contribution < -0.4 is 0 Å². The number of nitrogens with zero attached hydrogens (tertiary/aromatic N) is 2. The Morgan fingerprint density at radius 1 is 1.36 bits per heavy atom. The zero-order valence-corrected chi connectivity index (χ0v) is 13.0. The summed E-state index contributed by atoms with van der Waals surface area (Å²) in [6.45, 7) is 3.87. The van der Waals surface area contributed by atoms with Gasteiger partial charge in [-0.3, -0.25) is 4.98 Å². The number of pyridine rings is 1. The van der Waals surface area contributed by atoms with Gasteiger partial charge >= 0.3 is 0 Å². The summed E-state index contributed by atoms with van der Waals surface area (Å²) >= 11 is 0. The van der Waals surface area contributed by atoms with Gasteiger partial charge < -0.3 is 14.2 Å². The Morgan fingerprint density at radius 2 is 2.18 bits per heavy atom. The van der Waals surface area contributed by atoms with Gasteiger partial charge in [-0.2, -0.15) is 0 Å². The molecule has 0 saturated heterocycles. The molecule has 5 nitrogen and oxygen atoms in total. The molecule has 3 aromatic heterocycles. The first-order valence-corrected chi connectivity index (χ1v) is 7.62. The lowest BCUT2D eigenvalue weighted by Gasteiger charge is -2.13. The molecule has 114 valence electrons. The van der Waals surface area contributed by atoms with E-state index in [0.29, 0.717) is 5.92 Å². The minimum atomic E-state index is 0.145. The summed E-state index contributed by atoms with van der Waals surface area (Å²) in [6, 6.07) is 2.11. The van der Waals surface area contributed by atoms with Crippen LogP contribution in [0.4, 0.5) is 0 Å². The fourth-order valence-corrected chi connectivity index (χ4v) is 3.25. The molecule has 0 aliphatic heterocycles. The fourth-order valence-electron chi connectivity index (χ4n) is 3.25. The monoisotopic (exact) mass is 297 g/mol. The summed E-state index contributed by atoms with van der Waals surface area (Å²) in [5.74, 6) is 1.45. The molecule has 3 aromatic rings. The molecule has 1 fully saturated rings. The largest absolute Gasteiger partial charge is 0.376 e. The maximum atomic E-state index is 5.68. The topological polar surface area (TPSA) is 63.9 Å². The summed E-state index contributed by atoms with van der Waals surface area (Å²) < 4.78 is 10.9. The van der Waals surface area contributed by atoms with Crippen LogP contribution in [-0.2, 0) is 4.74 Å². The normalized spacial score (nSPS) is 16.3. The van der Waals surface area contributed by atoms with E-state index < -0.39 is 0 Å². The lowest BCUT2D eigenvalue weighted by molar-refractivity contribution is 0.0856. The molecule has 1 atom stereocenters. The van der Waals surface area contributed by atoms with Crippen LogP contribution in [-0.4, -0.2) is 22.2 Å². The van der Waals surface area contributed by atoms with Crippen molar-refractivity contribution in [1.29, 1.82) is 0 Å². The first-order chi connectivity index (χ1) is 10.7. The lowest BCUT2D eigenvalue weighted by atomic mass is 10.0. The number of aryl methyl sites for hydroxylation is 2. The molecular formula is C17H19N3O2. The van der Waals surface area contributed by atoms with Gasteiger partial charge in [-0.1, -0.05) is 5.16 Å². The third-order valence-corrected chi connectivity index (χ3v) is 4.48. The highest BCUT2D eigenvalue weighted by atomic mass is 16.5. The van der Waals surface area contributed by atoms with E-state index in [4.69, 9.17) is 9.26 Å². The molecule has 1 aliphatic rings. The number of nitrogens with one attached hydrogen (secondary N) is 1. The number of aromatic amines is 1. The van der Waals surface area contributed by atoms with Gasteiger partial charge in [0.2, 0.25) is 0 Å². The van der Waals surface area contributed by atoms with Gasteiger partial charge in [0, 0.05) is 36.2 Å². The minimum absolute atomic E-state index is 0.145. The van der Waals surface area contributed by atoms with E-state index in [0.717, 1.165) is 39.2 Å². The van der Waals surface area contributed by atoms with Crippen LogP contribution in [0.5, 0.6) is 0 Å². The molecule has 22 heavy (non-hydrogen) atoms. The Balaban J connectivity index is 1.80. The molecule has 4 rings (SSSR count). The third kappa shape index (κ3) is 2.04. The van der Waals surface area contributed by atoms with Gasteiger partial charge in [-0.25, -0.2) is 0 Å². The first kappa shape index (κ1) is 13.5. The van der Waals surface area contributed by atoms with Crippen LogP contribution in [0.3, 0.4) is 0 Å². The Labute approximate surface area is 128 Å². The predicted molar refractivity (Wildman–Crippen MR) is 83.5 cm³/mol. The van der Waals surface area contributed by atoms with Crippen LogP contribution in [0.2, 0.25) is 0 Å². The van der Waals surface area contributed by atoms with E-state index in [1.54, 1.807) is 7.11 Å². The fraction of sp³-hybridized carbons (Fsp3) is 0.412. The minimum Gasteiger partial charge on any atom is -0.376 e. The van der Waals surface area contributed by atoms with Gasteiger partial charge in [0.1, 0.15) is 5.76 Å². The highest BCUT2D eigenvalue weighted by Crippen LogP contribution is 2.44. The van der Waals surface area contributed by atoms with Crippen molar-refractivity contribution in [3.8, 4) is 11.1 Å². The van der Waals surface area contributed by atoms with Crippen LogP contribution in [0.15, 0.2) is 23.0 Å². The van der Waals surface area contributed by atoms with E-state index in [-0.39, 0.29) is 6.10 Å². The second-order valence-corrected chi connectivity index (χ2v) is 6.06. The SMILES string of the molecule is COC(c1c[nH]c2cc(-c3c(C)noc3C)cnc12)C1CC1. The number of hydrogen-bond donors (Lipinski definition) is 1. The molecule has 0 amide bonds. The Hall–Kier alpha value is -2.14. The number of aromatic nitrogens is 3. The molecule has 1 aliphatic carbocycles. The van der Waals surface area contributed by atoms with E-state index in [2.05, 4.69) is 21.2 Å². The molecule has 0 bridgehead atoms. The number of fused-ring (bicyclic) bond motifs is 1. The van der Waals surface area contributed by atoms with Crippen LogP contribution >= 0.6 is 0 Å². The standard InChI is InChI=1S/C17H19N3O2/c1-9-15(10(2)22-20-9)12-6-14-16(19-7-12)13(8-18-14)17(21-3)11-4-5-11/h6-8,11,17-18H,4-5H2,1-3H3. The maximum absolute atomic E-state index is 5.68. The summed E-state index contributed by atoms with van der Waals surface area (Å²) in [5, 5.41) is 4.02. The molecule has 1 saturated carbocycles. The number of methoxy groups -OCH3 is 1. The summed E-state index contributed by atoms with van der Waals surface area (Å²) in [6.07, 6.45) is 6.55. The van der Waals surface area contributed by atoms with Crippen molar-refractivity contribution in [3.05, 3.63) is 35.5 Å². The van der Waals surface area contributed by atoms with Crippen LogP contribution in [0, 0.1) is 19.8 Å². The summed E-state index contributed by atoms with van der Waals surface area (Å²) in [5.41, 5.74) is 6.11. The van der Waals surface area contributed by atoms with Crippen molar-refractivity contribution in [2.75, 3.05) is 7.11 Å². The van der Waals surface area contributed by atoms with Crippen molar-refractivity contribution < 1.29 is 9.26 Å². The second-order valence-electron chi connectivity index (χ2n) is 6.06. The molecular weight excluding hydrogens is 278 g/mol. The lowest BCUT2D eigenvalue weighted by Crippen LogP contribution is -2.03. The zero-order chi connectivity index (χ0) is 15.3. The average molecular weight is 297 g/mol. The molecule has 0 spiro atoms. The van der Waals surface area contributed by atoms with Crippen LogP contribution in [0.1, 0.15) is 36.0 Å². The molecule has 5 heteroatoms. The van der Waals surface area contributed by atoms with Crippen molar-refractivity contribution in [3.63, 3.8) is 0 Å². The smallest absolute Gasteiger partial charge is 0.141 e. The van der Waals surface area contributed by atoms with Gasteiger partial charge in [0.25, 0.3) is 0 Å². The van der Waals surface area contributed by atoms with E-state index >= 15 is 0 Å². The Bertz CT molecular complexity index is 810. The number of ether oxygens (including phenoxy) is 1. The van der Waals surface area contributed by atoms with E-state index in [1.165, 1.54) is 12.8 Å². The maximum Gasteiger partial charge on any atom is 0.141 e. The summed E-state index contributed by atoms with van der Waals surface area (Å²) in [4.78, 5) is 8.01. The quantitative estimate of drug-likeness (QED) is 0.792. The highest BCUT2D eigenvalue weighted by molar-refractivity contribution is 5.84. The van der Waals surface area contributed by atoms with Crippen molar-refractivity contribution in [2.24, 2.45) is 5.92 Å². The molecule has 3 heterocycles. The number of H-pyrrole nitrogens is 1. The van der Waals surface area contributed by atoms with Gasteiger partial charge in [-0.15, -0.1) is 0 Å². The van der Waals surface area contributed by atoms with Crippen molar-refractivity contribution in [2.45, 2.75) is 32.8 Å². The first-order valence-electron chi connectivity index (χ1n) is 7.62. The van der Waals surface area contributed by atoms with Crippen molar-refractivity contribution >= 4 is 11.0 Å². The van der Waals surface area contributed by atoms with Gasteiger partial charge in [-0.05, 0) is 38.7 Å². The summed E-state index contributed by atoms with van der Waals surface area (Å²) in [7, 11) is 1.78. The number of rotatable bonds is 4. The average Bonchev–Trinajstić information content (AvgIpc) is 3.18. The Morgan fingerprint density at radius 3 is 2.82 bits per heavy atom.